The Kier molecular flexibility index (Phi) is 8.71. The minimum atomic E-state index is 0.103. The van der Waals surface area contributed by atoms with Crippen LogP contribution in [0.1, 0.15) is 11.1 Å². The van der Waals surface area contributed by atoms with Gasteiger partial charge in [-0.05, 0) is 42.4 Å². The number of anilines is 3. The number of benzene rings is 2. The highest BCUT2D eigenvalue weighted by Gasteiger charge is 2.20. The van der Waals surface area contributed by atoms with Gasteiger partial charge in [-0.25, -0.2) is 9.97 Å². The molecule has 8 bridgehead atoms. The number of hydrogen-bond acceptors (Lipinski definition) is 9. The molecule has 0 atom stereocenters. The number of carbonyl (C=O) groups is 1. The van der Waals surface area contributed by atoms with Crippen LogP contribution < -0.4 is 15.5 Å². The summed E-state index contributed by atoms with van der Waals surface area (Å²) in [6.07, 6.45) is 1.81. The number of nitrogens with zero attached hydrogens (tertiary/aromatic N) is 6. The second-order valence-corrected chi connectivity index (χ2v) is 11.2. The summed E-state index contributed by atoms with van der Waals surface area (Å²) in [5.41, 5.74) is 6.56. The summed E-state index contributed by atoms with van der Waals surface area (Å²) < 4.78 is 5.61. The number of nitrogens with one attached hydrogen (secondary N) is 2. The lowest BCUT2D eigenvalue weighted by molar-refractivity contribution is -0.122. The van der Waals surface area contributed by atoms with Crippen LogP contribution >= 0.6 is 0 Å². The third-order valence-electron chi connectivity index (χ3n) is 8.02. The molecule has 2 fully saturated rings. The van der Waals surface area contributed by atoms with Gasteiger partial charge in [0.15, 0.2) is 0 Å². The standard InChI is InChI=1S/C31H40N8O2/c1-36-9-8-32-30(40)23-38-12-10-37(11-13-38)22-25-18-27(20-28(19-25)39-14-16-41-17-15-39)34-31-33-7-6-29(35-31)26-4-2-24(21-36)3-5-26/h2-7,18-20H,8-17,21-23H2,1H3,(H,32,40)(H,33,34,35). The molecule has 7 heterocycles. The van der Waals surface area contributed by atoms with Gasteiger partial charge in [-0.2, -0.15) is 0 Å². The zero-order valence-electron chi connectivity index (χ0n) is 23.9. The second-order valence-electron chi connectivity index (χ2n) is 11.2. The third-order valence-corrected chi connectivity index (χ3v) is 8.02. The van der Waals surface area contributed by atoms with E-state index in [1.165, 1.54) is 16.8 Å². The lowest BCUT2D eigenvalue weighted by atomic mass is 10.1. The van der Waals surface area contributed by atoms with E-state index in [2.05, 4.69) is 84.7 Å². The highest BCUT2D eigenvalue weighted by molar-refractivity contribution is 5.78. The normalized spacial score (nSPS) is 22.7. The molecule has 10 heteroatoms. The summed E-state index contributed by atoms with van der Waals surface area (Å²) >= 11 is 0. The van der Waals surface area contributed by atoms with E-state index in [-0.39, 0.29) is 5.91 Å². The highest BCUT2D eigenvalue weighted by Crippen LogP contribution is 2.27. The number of rotatable bonds is 1. The molecule has 0 unspecified atom stereocenters. The average Bonchev–Trinajstić information content (AvgIpc) is 2.99. The van der Waals surface area contributed by atoms with E-state index in [4.69, 9.17) is 9.72 Å². The number of amides is 1. The van der Waals surface area contributed by atoms with E-state index < -0.39 is 0 Å². The highest BCUT2D eigenvalue weighted by atomic mass is 16.5. The summed E-state index contributed by atoms with van der Waals surface area (Å²) in [6, 6.07) is 17.2. The Labute approximate surface area is 242 Å². The number of morpholine rings is 1. The van der Waals surface area contributed by atoms with Crippen molar-refractivity contribution in [1.29, 1.82) is 0 Å². The molecule has 3 aromatic rings. The summed E-state index contributed by atoms with van der Waals surface area (Å²) in [6.45, 7) is 10.4. The molecule has 0 saturated carbocycles. The van der Waals surface area contributed by atoms with E-state index >= 15 is 0 Å². The quantitative estimate of drug-likeness (QED) is 0.469. The molecule has 6 aliphatic heterocycles. The van der Waals surface area contributed by atoms with Crippen molar-refractivity contribution >= 4 is 23.2 Å². The van der Waals surface area contributed by atoms with Crippen LogP contribution in [-0.4, -0.2) is 110 Å². The molecule has 2 N–H and O–H groups in total. The lowest BCUT2D eigenvalue weighted by Gasteiger charge is -2.35. The van der Waals surface area contributed by atoms with E-state index in [1.54, 1.807) is 0 Å². The van der Waals surface area contributed by atoms with Crippen LogP contribution in [0.2, 0.25) is 0 Å². The number of aromatic nitrogens is 2. The Bertz CT molecular complexity index is 1320. The number of piperazine rings is 1. The lowest BCUT2D eigenvalue weighted by Crippen LogP contribution is -2.49. The molecule has 6 aliphatic rings. The van der Waals surface area contributed by atoms with Crippen molar-refractivity contribution in [2.45, 2.75) is 13.1 Å². The number of ether oxygens (including phenoxy) is 1. The monoisotopic (exact) mass is 556 g/mol. The molecule has 216 valence electrons. The fraction of sp³-hybridized carbons (Fsp3) is 0.452. The van der Waals surface area contributed by atoms with Crippen LogP contribution in [-0.2, 0) is 22.6 Å². The van der Waals surface area contributed by atoms with E-state index in [1.807, 2.05) is 12.3 Å². The molecule has 1 amide bonds. The largest absolute Gasteiger partial charge is 0.378 e. The fourth-order valence-electron chi connectivity index (χ4n) is 5.73. The van der Waals surface area contributed by atoms with Gasteiger partial charge in [-0.15, -0.1) is 0 Å². The molecular formula is C31H40N8O2. The minimum absolute atomic E-state index is 0.103. The molecule has 0 aliphatic carbocycles. The maximum atomic E-state index is 12.6. The molecule has 0 spiro atoms. The topological polar surface area (TPSA) is 89.1 Å². The summed E-state index contributed by atoms with van der Waals surface area (Å²) in [5, 5.41) is 6.60. The molecule has 2 saturated heterocycles. The fourth-order valence-corrected chi connectivity index (χ4v) is 5.73. The smallest absolute Gasteiger partial charge is 0.234 e. The Morgan fingerprint density at radius 3 is 2.34 bits per heavy atom. The van der Waals surface area contributed by atoms with Gasteiger partial charge < -0.3 is 25.2 Å². The van der Waals surface area contributed by atoms with Crippen LogP contribution in [0.3, 0.4) is 0 Å². The van der Waals surface area contributed by atoms with Gasteiger partial charge in [0.05, 0.1) is 25.5 Å². The van der Waals surface area contributed by atoms with Crippen LogP contribution in [0.4, 0.5) is 17.3 Å². The molecule has 0 radical (unpaired) electrons. The van der Waals surface area contributed by atoms with Gasteiger partial charge in [0.2, 0.25) is 11.9 Å². The zero-order valence-corrected chi connectivity index (χ0v) is 23.9. The predicted octanol–water partition coefficient (Wildman–Crippen LogP) is 2.40. The Hall–Kier alpha value is -3.57. The van der Waals surface area contributed by atoms with Crippen molar-refractivity contribution in [2.24, 2.45) is 0 Å². The molecule has 9 rings (SSSR count). The first-order chi connectivity index (χ1) is 20.1. The van der Waals surface area contributed by atoms with Crippen molar-refractivity contribution < 1.29 is 9.53 Å². The van der Waals surface area contributed by atoms with Gasteiger partial charge in [-0.3, -0.25) is 14.6 Å². The summed E-state index contributed by atoms with van der Waals surface area (Å²) in [5.74, 6) is 0.687. The van der Waals surface area contributed by atoms with Crippen LogP contribution in [0.5, 0.6) is 0 Å². The maximum Gasteiger partial charge on any atom is 0.234 e. The average molecular weight is 557 g/mol. The maximum absolute atomic E-state index is 12.6. The summed E-state index contributed by atoms with van der Waals surface area (Å²) in [7, 11) is 2.09. The molecular weight excluding hydrogens is 516 g/mol. The van der Waals surface area contributed by atoms with Gasteiger partial charge >= 0.3 is 0 Å². The van der Waals surface area contributed by atoms with Crippen molar-refractivity contribution in [3.05, 3.63) is 65.9 Å². The second kappa shape index (κ2) is 12.9. The van der Waals surface area contributed by atoms with Crippen molar-refractivity contribution in [2.75, 3.05) is 89.4 Å². The van der Waals surface area contributed by atoms with Gasteiger partial charge in [0.25, 0.3) is 0 Å². The van der Waals surface area contributed by atoms with Gasteiger partial charge in [0.1, 0.15) is 0 Å². The zero-order chi connectivity index (χ0) is 28.0. The van der Waals surface area contributed by atoms with Crippen LogP contribution in [0.25, 0.3) is 11.3 Å². The first-order valence-corrected chi connectivity index (χ1v) is 14.6. The van der Waals surface area contributed by atoms with E-state index in [0.29, 0.717) is 19.0 Å². The van der Waals surface area contributed by atoms with Gasteiger partial charge in [0, 0.05) is 88.6 Å². The Balaban J connectivity index is 1.29. The Morgan fingerprint density at radius 1 is 0.805 bits per heavy atom. The van der Waals surface area contributed by atoms with Crippen molar-refractivity contribution in [3.8, 4) is 11.3 Å². The predicted molar refractivity (Wildman–Crippen MR) is 161 cm³/mol. The van der Waals surface area contributed by atoms with E-state index in [0.717, 1.165) is 89.1 Å². The summed E-state index contributed by atoms with van der Waals surface area (Å²) in [4.78, 5) is 31.4. The number of likely N-dealkylation sites (N-methyl/N-ethyl adjacent to an activating group) is 1. The third kappa shape index (κ3) is 7.39. The number of hydrogen-bond donors (Lipinski definition) is 2. The molecule has 1 aromatic heterocycles. The first kappa shape index (κ1) is 27.6. The Morgan fingerprint density at radius 2 is 1.56 bits per heavy atom. The first-order valence-electron chi connectivity index (χ1n) is 14.6. The van der Waals surface area contributed by atoms with Crippen molar-refractivity contribution in [1.82, 2.24) is 30.0 Å². The van der Waals surface area contributed by atoms with Gasteiger partial charge in [-0.1, -0.05) is 24.3 Å². The SMILES string of the molecule is CN1CCNC(=O)CN2CCN(CC2)Cc2cc(cc(N3CCOCC3)c2)Nc2nccc(n2)-c2ccc(cc2)C1. The number of carbonyl (C=O) groups excluding carboxylic acids is 1. The van der Waals surface area contributed by atoms with E-state index in [9.17, 15) is 4.79 Å². The molecule has 41 heavy (non-hydrogen) atoms. The van der Waals surface area contributed by atoms with Crippen LogP contribution in [0, 0.1) is 0 Å². The molecule has 2 aromatic carbocycles. The van der Waals surface area contributed by atoms with Crippen LogP contribution in [0.15, 0.2) is 54.7 Å². The van der Waals surface area contributed by atoms with Crippen molar-refractivity contribution in [3.63, 3.8) is 0 Å². The molecule has 10 nitrogen and oxygen atoms in total. The minimum Gasteiger partial charge on any atom is -0.378 e.